The first-order valence-corrected chi connectivity index (χ1v) is 9.76. The van der Waals surface area contributed by atoms with Gasteiger partial charge in [0.15, 0.2) is 0 Å². The minimum atomic E-state index is -0.326. The van der Waals surface area contributed by atoms with Crippen LogP contribution in [0.15, 0.2) is 58.6 Å². The Labute approximate surface area is 175 Å². The molecule has 0 unspecified atom stereocenters. The number of rotatable bonds is 6. The number of carbonyl (C=O) groups is 2. The zero-order chi connectivity index (χ0) is 21.7. The van der Waals surface area contributed by atoms with Crippen LogP contribution in [0.1, 0.15) is 30.5 Å². The van der Waals surface area contributed by atoms with Crippen molar-refractivity contribution in [2.24, 2.45) is 4.99 Å². The van der Waals surface area contributed by atoms with E-state index in [9.17, 15) is 14.0 Å². The summed E-state index contributed by atoms with van der Waals surface area (Å²) in [5, 5.41) is 5.67. The van der Waals surface area contributed by atoms with Crippen LogP contribution in [0.2, 0.25) is 0 Å². The van der Waals surface area contributed by atoms with Gasteiger partial charge in [-0.15, -0.1) is 0 Å². The highest BCUT2D eigenvalue weighted by molar-refractivity contribution is 6.24. The van der Waals surface area contributed by atoms with Gasteiger partial charge in [-0.25, -0.2) is 4.39 Å². The van der Waals surface area contributed by atoms with E-state index in [1.165, 1.54) is 12.1 Å². The van der Waals surface area contributed by atoms with Crippen LogP contribution in [0.5, 0.6) is 0 Å². The summed E-state index contributed by atoms with van der Waals surface area (Å²) < 4.78 is 13.2. The van der Waals surface area contributed by atoms with Gasteiger partial charge in [0.2, 0.25) is 5.91 Å². The van der Waals surface area contributed by atoms with Crippen molar-refractivity contribution in [3.8, 4) is 0 Å². The first kappa shape index (κ1) is 21.2. The van der Waals surface area contributed by atoms with Gasteiger partial charge in [0.1, 0.15) is 5.82 Å². The fourth-order valence-corrected chi connectivity index (χ4v) is 3.16. The van der Waals surface area contributed by atoms with Gasteiger partial charge >= 0.3 is 0 Å². The van der Waals surface area contributed by atoms with Crippen LogP contribution in [0.3, 0.4) is 0 Å². The highest BCUT2D eigenvalue weighted by Crippen LogP contribution is 2.25. The van der Waals surface area contributed by atoms with Crippen molar-refractivity contribution in [2.45, 2.75) is 20.8 Å². The maximum absolute atomic E-state index is 13.2. The molecule has 2 aromatic rings. The largest absolute Gasteiger partial charge is 0.353 e. The van der Waals surface area contributed by atoms with Gasteiger partial charge in [0.25, 0.3) is 5.91 Å². The maximum atomic E-state index is 13.2. The molecule has 6 heteroatoms. The molecule has 3 rings (SSSR count). The maximum Gasteiger partial charge on any atom is 0.257 e. The first-order chi connectivity index (χ1) is 14.4. The van der Waals surface area contributed by atoms with Crippen LogP contribution in [-0.4, -0.2) is 31.1 Å². The lowest BCUT2D eigenvalue weighted by Gasteiger charge is -2.11. The van der Waals surface area contributed by atoms with Gasteiger partial charge in [-0.2, -0.15) is 0 Å². The predicted molar refractivity (Wildman–Crippen MR) is 119 cm³/mol. The molecule has 1 aliphatic heterocycles. The standard InChI is InChI=1S/C24H24FN3O2/c1-4-27-23(29)16(3)11-18-12-20(10-5-15(18)2)28-24(30)22-14-26-13-21(22)17-6-8-19(25)9-7-17/h5-12,14H,4,13H2,1-3H3,(H,27,29)(H,28,30)/b16-11+. The van der Waals surface area contributed by atoms with Crippen LogP contribution in [0.4, 0.5) is 10.1 Å². The Morgan fingerprint density at radius 1 is 1.17 bits per heavy atom. The van der Waals surface area contributed by atoms with E-state index in [1.54, 1.807) is 31.3 Å². The molecule has 0 saturated heterocycles. The molecule has 154 valence electrons. The fourth-order valence-electron chi connectivity index (χ4n) is 3.16. The molecule has 0 saturated carbocycles. The molecule has 2 N–H and O–H groups in total. The van der Waals surface area contributed by atoms with Gasteiger partial charge in [0, 0.05) is 24.0 Å². The Morgan fingerprint density at radius 2 is 1.90 bits per heavy atom. The zero-order valence-electron chi connectivity index (χ0n) is 17.3. The summed E-state index contributed by atoms with van der Waals surface area (Å²) >= 11 is 0. The minimum absolute atomic E-state index is 0.123. The van der Waals surface area contributed by atoms with Gasteiger partial charge in [-0.1, -0.05) is 18.2 Å². The van der Waals surface area contributed by atoms with E-state index in [-0.39, 0.29) is 17.6 Å². The van der Waals surface area contributed by atoms with E-state index < -0.39 is 0 Å². The van der Waals surface area contributed by atoms with Gasteiger partial charge in [-0.05, 0) is 73.4 Å². The smallest absolute Gasteiger partial charge is 0.257 e. The van der Waals surface area contributed by atoms with Crippen LogP contribution < -0.4 is 10.6 Å². The second kappa shape index (κ2) is 9.31. The normalized spacial score (nSPS) is 13.5. The molecule has 0 fully saturated rings. The van der Waals surface area contributed by atoms with Crippen LogP contribution in [0.25, 0.3) is 11.6 Å². The Bertz CT molecular complexity index is 1070. The van der Waals surface area contributed by atoms with E-state index in [0.29, 0.717) is 29.9 Å². The lowest BCUT2D eigenvalue weighted by molar-refractivity contribution is -0.117. The number of hydrogen-bond acceptors (Lipinski definition) is 3. The number of benzene rings is 2. The Hall–Kier alpha value is -3.54. The summed E-state index contributed by atoms with van der Waals surface area (Å²) in [4.78, 5) is 29.1. The number of aryl methyl sites for hydroxylation is 1. The molecule has 0 atom stereocenters. The third kappa shape index (κ3) is 4.89. The summed E-state index contributed by atoms with van der Waals surface area (Å²) in [5.41, 5.74) is 5.03. The Kier molecular flexibility index (Phi) is 6.57. The Balaban J connectivity index is 1.84. The van der Waals surface area contributed by atoms with Crippen molar-refractivity contribution in [2.75, 3.05) is 18.4 Å². The average molecular weight is 405 g/mol. The number of likely N-dealkylation sites (N-methyl/N-ethyl adjacent to an activating group) is 1. The van der Waals surface area contributed by atoms with E-state index in [1.807, 2.05) is 32.0 Å². The third-order valence-electron chi connectivity index (χ3n) is 4.84. The summed E-state index contributed by atoms with van der Waals surface area (Å²) in [7, 11) is 0. The van der Waals surface area contributed by atoms with Crippen molar-refractivity contribution in [3.05, 3.63) is 76.1 Å². The highest BCUT2D eigenvalue weighted by atomic mass is 19.1. The molecule has 30 heavy (non-hydrogen) atoms. The molecule has 0 spiro atoms. The van der Waals surface area contributed by atoms with Gasteiger partial charge in [0.05, 0.1) is 12.1 Å². The van der Waals surface area contributed by atoms with E-state index >= 15 is 0 Å². The molecule has 0 radical (unpaired) electrons. The topological polar surface area (TPSA) is 70.6 Å². The van der Waals surface area contributed by atoms with E-state index in [4.69, 9.17) is 0 Å². The number of nitrogens with zero attached hydrogens (tertiary/aromatic N) is 1. The number of hydrogen-bond donors (Lipinski definition) is 2. The summed E-state index contributed by atoms with van der Waals surface area (Å²) in [6.07, 6.45) is 3.35. The fraction of sp³-hybridized carbons (Fsp3) is 0.208. The molecule has 2 amide bonds. The first-order valence-electron chi connectivity index (χ1n) is 9.76. The van der Waals surface area contributed by atoms with E-state index in [0.717, 1.165) is 22.3 Å². The second-order valence-corrected chi connectivity index (χ2v) is 7.08. The number of aliphatic imine (C=N–C) groups is 1. The SMILES string of the molecule is CCNC(=O)/C(C)=C/c1cc(NC(=O)C2=C(c3ccc(F)cc3)CN=C2)ccc1C. The zero-order valence-corrected chi connectivity index (χ0v) is 17.3. The van der Waals surface area contributed by atoms with Gasteiger partial charge in [-0.3, -0.25) is 14.6 Å². The quantitative estimate of drug-likeness (QED) is 0.709. The minimum Gasteiger partial charge on any atom is -0.353 e. The third-order valence-corrected chi connectivity index (χ3v) is 4.84. The Morgan fingerprint density at radius 3 is 2.60 bits per heavy atom. The molecule has 1 heterocycles. The lowest BCUT2D eigenvalue weighted by atomic mass is 10.0. The van der Waals surface area contributed by atoms with Crippen molar-refractivity contribution < 1.29 is 14.0 Å². The van der Waals surface area contributed by atoms with Crippen LogP contribution in [-0.2, 0) is 9.59 Å². The molecular formula is C24H24FN3O2. The monoisotopic (exact) mass is 405 g/mol. The number of amides is 2. The van der Waals surface area contributed by atoms with Crippen molar-refractivity contribution in [1.82, 2.24) is 5.32 Å². The molecule has 0 aliphatic carbocycles. The van der Waals surface area contributed by atoms with Crippen LogP contribution in [0, 0.1) is 12.7 Å². The molecule has 0 bridgehead atoms. The number of halogens is 1. The molecule has 1 aliphatic rings. The van der Waals surface area contributed by atoms with Crippen LogP contribution >= 0.6 is 0 Å². The molecule has 0 aromatic heterocycles. The second-order valence-electron chi connectivity index (χ2n) is 7.08. The number of carbonyl (C=O) groups excluding carboxylic acids is 2. The highest BCUT2D eigenvalue weighted by Gasteiger charge is 2.19. The summed E-state index contributed by atoms with van der Waals surface area (Å²) in [6, 6.07) is 11.6. The van der Waals surface area contributed by atoms with E-state index in [2.05, 4.69) is 15.6 Å². The summed E-state index contributed by atoms with van der Waals surface area (Å²) in [6.45, 7) is 6.51. The molecular weight excluding hydrogens is 381 g/mol. The number of nitrogens with one attached hydrogen (secondary N) is 2. The molecule has 2 aromatic carbocycles. The van der Waals surface area contributed by atoms with Crippen molar-refractivity contribution >= 4 is 35.4 Å². The van der Waals surface area contributed by atoms with Crippen molar-refractivity contribution in [3.63, 3.8) is 0 Å². The number of anilines is 1. The predicted octanol–water partition coefficient (Wildman–Crippen LogP) is 4.15. The van der Waals surface area contributed by atoms with Gasteiger partial charge < -0.3 is 10.6 Å². The van der Waals surface area contributed by atoms with Crippen molar-refractivity contribution in [1.29, 1.82) is 0 Å². The molecule has 5 nitrogen and oxygen atoms in total. The summed E-state index contributed by atoms with van der Waals surface area (Å²) in [5.74, 6) is -0.732. The average Bonchev–Trinajstić information content (AvgIpc) is 3.21. The lowest BCUT2D eigenvalue weighted by Crippen LogP contribution is -2.23.